The fraction of sp³-hybridized carbons (Fsp3) is 1.00. The Morgan fingerprint density at radius 3 is 2.50 bits per heavy atom. The van der Waals surface area contributed by atoms with Crippen LogP contribution in [0.15, 0.2) is 0 Å². The van der Waals surface area contributed by atoms with Crippen LogP contribution in [-0.4, -0.2) is 35.7 Å². The average Bonchev–Trinajstić information content (AvgIpc) is 2.23. The van der Waals surface area contributed by atoms with Crippen LogP contribution in [0.2, 0.25) is 0 Å². The minimum absolute atomic E-state index is 0.0448. The van der Waals surface area contributed by atoms with Gasteiger partial charge in [0, 0.05) is 12.6 Å². The van der Waals surface area contributed by atoms with Gasteiger partial charge in [-0.1, -0.05) is 19.8 Å². The molecule has 2 aliphatic carbocycles. The zero-order chi connectivity index (χ0) is 11.5. The van der Waals surface area contributed by atoms with Gasteiger partial charge in [-0.25, -0.2) is 0 Å². The normalized spacial score (nSPS) is 36.4. The molecule has 2 aliphatic rings. The van der Waals surface area contributed by atoms with Crippen LogP contribution in [0.1, 0.15) is 51.9 Å². The fourth-order valence-corrected chi connectivity index (χ4v) is 3.42. The molecule has 2 rings (SSSR count). The Morgan fingerprint density at radius 1 is 1.19 bits per heavy atom. The zero-order valence-electron chi connectivity index (χ0n) is 10.9. The summed E-state index contributed by atoms with van der Waals surface area (Å²) in [6, 6.07) is 0.634. The summed E-state index contributed by atoms with van der Waals surface area (Å²) in [7, 11) is 2.27. The van der Waals surface area contributed by atoms with Crippen molar-refractivity contribution in [1.29, 1.82) is 0 Å². The Kier molecular flexibility index (Phi) is 4.26. The van der Waals surface area contributed by atoms with Crippen molar-refractivity contribution >= 4 is 0 Å². The van der Waals surface area contributed by atoms with E-state index in [1.54, 1.807) is 0 Å². The molecule has 0 spiro atoms. The van der Waals surface area contributed by atoms with Gasteiger partial charge in [-0.2, -0.15) is 0 Å². The van der Waals surface area contributed by atoms with Crippen LogP contribution < -0.4 is 0 Å². The molecular weight excluding hydrogens is 198 g/mol. The largest absolute Gasteiger partial charge is 0.393 e. The van der Waals surface area contributed by atoms with E-state index in [0.29, 0.717) is 6.04 Å². The van der Waals surface area contributed by atoms with E-state index < -0.39 is 0 Å². The molecule has 0 aliphatic heterocycles. The Labute approximate surface area is 100 Å². The molecule has 94 valence electrons. The predicted octanol–water partition coefficient (Wildman–Crippen LogP) is 2.66. The molecule has 0 saturated heterocycles. The first-order valence-electron chi connectivity index (χ1n) is 7.09. The lowest BCUT2D eigenvalue weighted by Gasteiger charge is -2.42. The maximum absolute atomic E-state index is 9.82. The lowest BCUT2D eigenvalue weighted by molar-refractivity contribution is 0.0250. The number of rotatable bonds is 4. The smallest absolute Gasteiger partial charge is 0.0555 e. The summed E-state index contributed by atoms with van der Waals surface area (Å²) in [6.07, 6.45) is 8.75. The molecular formula is C14H27NO. The molecule has 2 saturated carbocycles. The molecule has 2 fully saturated rings. The van der Waals surface area contributed by atoms with Crippen molar-refractivity contribution in [3.8, 4) is 0 Å². The summed E-state index contributed by atoms with van der Waals surface area (Å²) in [5.74, 6) is 1.76. The highest BCUT2D eigenvalue weighted by atomic mass is 16.3. The van der Waals surface area contributed by atoms with Crippen molar-refractivity contribution in [1.82, 2.24) is 4.90 Å². The minimum Gasteiger partial charge on any atom is -0.393 e. The van der Waals surface area contributed by atoms with Gasteiger partial charge in [0.15, 0.2) is 0 Å². The molecule has 0 aromatic heterocycles. The molecule has 1 N–H and O–H groups in total. The SMILES string of the molecule is CCC1CCC(O)CC1N(C)CC1CCC1. The van der Waals surface area contributed by atoms with E-state index in [2.05, 4.69) is 18.9 Å². The second kappa shape index (κ2) is 5.50. The lowest BCUT2D eigenvalue weighted by atomic mass is 9.79. The highest BCUT2D eigenvalue weighted by Gasteiger charge is 2.32. The standard InChI is InChI=1S/C14H27NO/c1-3-12-7-8-13(16)9-14(12)15(2)10-11-5-4-6-11/h11-14,16H,3-10H2,1-2H3. The van der Waals surface area contributed by atoms with Gasteiger partial charge >= 0.3 is 0 Å². The van der Waals surface area contributed by atoms with Crippen molar-refractivity contribution in [2.75, 3.05) is 13.6 Å². The molecule has 0 bridgehead atoms. The second-order valence-corrected chi connectivity index (χ2v) is 5.94. The van der Waals surface area contributed by atoms with Crippen molar-refractivity contribution in [3.05, 3.63) is 0 Å². The van der Waals surface area contributed by atoms with Gasteiger partial charge in [0.25, 0.3) is 0 Å². The molecule has 0 aromatic rings. The maximum Gasteiger partial charge on any atom is 0.0555 e. The van der Waals surface area contributed by atoms with Gasteiger partial charge in [-0.05, 0) is 51.0 Å². The van der Waals surface area contributed by atoms with Crippen molar-refractivity contribution < 1.29 is 5.11 Å². The molecule has 3 atom stereocenters. The molecule has 16 heavy (non-hydrogen) atoms. The summed E-state index contributed by atoms with van der Waals surface area (Å²) in [5.41, 5.74) is 0. The van der Waals surface area contributed by atoms with Crippen LogP contribution in [0, 0.1) is 11.8 Å². The number of aliphatic hydroxyl groups excluding tert-OH is 1. The van der Waals surface area contributed by atoms with Crippen molar-refractivity contribution in [2.45, 2.75) is 64.0 Å². The number of aliphatic hydroxyl groups is 1. The van der Waals surface area contributed by atoms with Crippen LogP contribution in [0.5, 0.6) is 0 Å². The summed E-state index contributed by atoms with van der Waals surface area (Å²) < 4.78 is 0. The highest BCUT2D eigenvalue weighted by Crippen LogP contribution is 2.33. The molecule has 0 heterocycles. The van der Waals surface area contributed by atoms with E-state index in [-0.39, 0.29) is 6.10 Å². The van der Waals surface area contributed by atoms with Gasteiger partial charge in [-0.15, -0.1) is 0 Å². The van der Waals surface area contributed by atoms with E-state index in [4.69, 9.17) is 0 Å². The Balaban J connectivity index is 1.87. The van der Waals surface area contributed by atoms with Gasteiger partial charge in [0.1, 0.15) is 0 Å². The summed E-state index contributed by atoms with van der Waals surface area (Å²) in [5, 5.41) is 9.82. The van der Waals surface area contributed by atoms with Gasteiger partial charge in [-0.3, -0.25) is 0 Å². The van der Waals surface area contributed by atoms with Crippen molar-refractivity contribution in [3.63, 3.8) is 0 Å². The van der Waals surface area contributed by atoms with E-state index in [1.807, 2.05) is 0 Å². The highest BCUT2D eigenvalue weighted by molar-refractivity contribution is 4.86. The lowest BCUT2D eigenvalue weighted by Crippen LogP contribution is -2.46. The first-order valence-corrected chi connectivity index (χ1v) is 7.09. The molecule has 2 nitrogen and oxygen atoms in total. The predicted molar refractivity (Wildman–Crippen MR) is 67.4 cm³/mol. The summed E-state index contributed by atoms with van der Waals surface area (Å²) in [6.45, 7) is 3.56. The molecule has 0 amide bonds. The monoisotopic (exact) mass is 225 g/mol. The van der Waals surface area contributed by atoms with Crippen molar-refractivity contribution in [2.24, 2.45) is 11.8 Å². The Morgan fingerprint density at radius 2 is 1.94 bits per heavy atom. The third kappa shape index (κ3) is 2.78. The van der Waals surface area contributed by atoms with Gasteiger partial charge in [0.2, 0.25) is 0 Å². The van der Waals surface area contributed by atoms with Crippen LogP contribution in [0.3, 0.4) is 0 Å². The second-order valence-electron chi connectivity index (χ2n) is 5.94. The van der Waals surface area contributed by atoms with E-state index >= 15 is 0 Å². The molecule has 3 unspecified atom stereocenters. The van der Waals surface area contributed by atoms with E-state index in [9.17, 15) is 5.11 Å². The third-order valence-electron chi connectivity index (χ3n) is 4.79. The maximum atomic E-state index is 9.82. The Hall–Kier alpha value is -0.0800. The van der Waals surface area contributed by atoms with Crippen LogP contribution in [-0.2, 0) is 0 Å². The molecule has 2 heteroatoms. The van der Waals surface area contributed by atoms with E-state index in [1.165, 1.54) is 38.6 Å². The van der Waals surface area contributed by atoms with Crippen LogP contribution in [0.4, 0.5) is 0 Å². The zero-order valence-corrected chi connectivity index (χ0v) is 10.9. The van der Waals surface area contributed by atoms with E-state index in [0.717, 1.165) is 24.7 Å². The third-order valence-corrected chi connectivity index (χ3v) is 4.79. The molecule has 0 radical (unpaired) electrons. The summed E-state index contributed by atoms with van der Waals surface area (Å²) in [4.78, 5) is 2.54. The molecule has 0 aromatic carbocycles. The van der Waals surface area contributed by atoms with Gasteiger partial charge < -0.3 is 10.0 Å². The van der Waals surface area contributed by atoms with Gasteiger partial charge in [0.05, 0.1) is 6.10 Å². The minimum atomic E-state index is -0.0448. The average molecular weight is 225 g/mol. The fourth-order valence-electron chi connectivity index (χ4n) is 3.42. The quantitative estimate of drug-likeness (QED) is 0.795. The van der Waals surface area contributed by atoms with Crippen LogP contribution >= 0.6 is 0 Å². The number of hydrogen-bond donors (Lipinski definition) is 1. The number of hydrogen-bond acceptors (Lipinski definition) is 2. The Bertz CT molecular complexity index is 215. The first-order chi connectivity index (χ1) is 7.70. The topological polar surface area (TPSA) is 23.5 Å². The summed E-state index contributed by atoms with van der Waals surface area (Å²) >= 11 is 0. The number of nitrogens with zero attached hydrogens (tertiary/aromatic N) is 1. The van der Waals surface area contributed by atoms with Crippen LogP contribution in [0.25, 0.3) is 0 Å². The first kappa shape index (κ1) is 12.4.